The minimum absolute atomic E-state index is 0.0172. The number of carbonyl (C=O) groups is 1. The number of urea groups is 1. The van der Waals surface area contributed by atoms with Gasteiger partial charge in [0, 0.05) is 17.3 Å². The van der Waals surface area contributed by atoms with E-state index in [1.165, 1.54) is 37.6 Å². The molecule has 0 spiro atoms. The van der Waals surface area contributed by atoms with E-state index in [0.29, 0.717) is 0 Å². The summed E-state index contributed by atoms with van der Waals surface area (Å²) >= 11 is 5.78. The van der Waals surface area contributed by atoms with Crippen molar-refractivity contribution in [3.8, 4) is 5.88 Å². The number of alkyl halides is 3. The molecule has 0 atom stereocenters. The van der Waals surface area contributed by atoms with Crippen molar-refractivity contribution in [1.82, 2.24) is 15.2 Å². The normalized spacial score (nSPS) is 11.5. The Balaban J connectivity index is 2.00. The Morgan fingerprint density at radius 3 is 2.66 bits per heavy atom. The Kier molecular flexibility index (Phi) is 8.18. The number of pyridine rings is 1. The summed E-state index contributed by atoms with van der Waals surface area (Å²) in [6.45, 7) is 1.57. The van der Waals surface area contributed by atoms with Gasteiger partial charge in [-0.2, -0.15) is 18.3 Å². The molecule has 0 radical (unpaired) electrons. The molecule has 8 nitrogen and oxygen atoms in total. The molecule has 1 aromatic carbocycles. The summed E-state index contributed by atoms with van der Waals surface area (Å²) in [5, 5.41) is 8.07. The van der Waals surface area contributed by atoms with E-state index in [0.717, 1.165) is 23.3 Å². The van der Waals surface area contributed by atoms with Gasteiger partial charge in [-0.05, 0) is 37.3 Å². The van der Waals surface area contributed by atoms with Crippen LogP contribution < -0.4 is 15.0 Å². The van der Waals surface area contributed by atoms with Gasteiger partial charge in [-0.3, -0.25) is 10.00 Å². The fourth-order valence-corrected chi connectivity index (χ4v) is 3.15. The number of hydrogen-bond donors (Lipinski definition) is 2. The molecule has 0 aliphatic carbocycles. The molecule has 2 heterocycles. The van der Waals surface area contributed by atoms with Gasteiger partial charge in [0.1, 0.15) is 5.82 Å². The second-order valence-electron chi connectivity index (χ2n) is 6.92. The van der Waals surface area contributed by atoms with Crippen LogP contribution in [0, 0.1) is 5.82 Å². The molecule has 3 rings (SSSR count). The van der Waals surface area contributed by atoms with Crippen molar-refractivity contribution in [3.05, 3.63) is 70.6 Å². The zero-order valence-electron chi connectivity index (χ0n) is 18.5. The lowest BCUT2D eigenvalue weighted by atomic mass is 10.1. The number of aromatic nitrogens is 3. The fourth-order valence-electron chi connectivity index (χ4n) is 2.97. The minimum Gasteiger partial charge on any atom is -0.501 e. The van der Waals surface area contributed by atoms with Crippen molar-refractivity contribution in [3.63, 3.8) is 0 Å². The van der Waals surface area contributed by atoms with E-state index in [-0.39, 0.29) is 46.7 Å². The first kappa shape index (κ1) is 25.8. The molecular formula is C22H20ClF4N5O3. The quantitative estimate of drug-likeness (QED) is 0.290. The van der Waals surface area contributed by atoms with Crippen molar-refractivity contribution in [2.75, 3.05) is 23.9 Å². The van der Waals surface area contributed by atoms with Crippen LogP contribution in [-0.2, 0) is 17.5 Å². The average molecular weight is 514 g/mol. The summed E-state index contributed by atoms with van der Waals surface area (Å²) in [5.74, 6) is -0.413. The molecule has 0 aliphatic rings. The Labute approximate surface area is 202 Å². The van der Waals surface area contributed by atoms with Crippen LogP contribution in [0.1, 0.15) is 23.9 Å². The molecule has 0 fully saturated rings. The van der Waals surface area contributed by atoms with Crippen LogP contribution in [0.25, 0.3) is 6.08 Å². The number of methoxy groups -OCH3 is 1. The largest absolute Gasteiger partial charge is 0.501 e. The van der Waals surface area contributed by atoms with Crippen LogP contribution in [0.3, 0.4) is 0 Å². The summed E-state index contributed by atoms with van der Waals surface area (Å²) in [4.78, 5) is 18.3. The molecule has 2 aromatic heterocycles. The maximum atomic E-state index is 13.5. The highest BCUT2D eigenvalue weighted by atomic mass is 35.5. The van der Waals surface area contributed by atoms with Gasteiger partial charge in [-0.15, -0.1) is 0 Å². The van der Waals surface area contributed by atoms with Gasteiger partial charge in [-0.25, -0.2) is 14.2 Å². The number of H-pyrrole nitrogens is 1. The molecule has 0 bridgehead atoms. The maximum absolute atomic E-state index is 13.5. The third kappa shape index (κ3) is 6.41. The number of amides is 2. The number of carbonyl (C=O) groups excluding carboxylic acids is 1. The van der Waals surface area contributed by atoms with Crippen molar-refractivity contribution < 1.29 is 31.8 Å². The van der Waals surface area contributed by atoms with Crippen LogP contribution in [-0.4, -0.2) is 34.9 Å². The van der Waals surface area contributed by atoms with E-state index in [2.05, 4.69) is 20.5 Å². The van der Waals surface area contributed by atoms with Gasteiger partial charge in [0.25, 0.3) is 0 Å². The van der Waals surface area contributed by atoms with Crippen molar-refractivity contribution >= 4 is 35.1 Å². The van der Waals surface area contributed by atoms with Crippen LogP contribution in [0.15, 0.2) is 42.8 Å². The highest BCUT2D eigenvalue weighted by molar-refractivity contribution is 6.31. The molecule has 2 N–H and O–H groups in total. The van der Waals surface area contributed by atoms with Gasteiger partial charge in [-0.1, -0.05) is 11.6 Å². The highest BCUT2D eigenvalue weighted by Gasteiger charge is 2.37. The summed E-state index contributed by atoms with van der Waals surface area (Å²) in [5.41, 5.74) is -1.07. The first-order valence-electron chi connectivity index (χ1n) is 10.1. The highest BCUT2D eigenvalue weighted by Crippen LogP contribution is 2.33. The molecule has 186 valence electrons. The standard InChI is InChI=1S/C22H20ClF4N5O3/c1-3-35-9-8-15-18(30-31-20(15)22(25,26)27)12-32(14-5-7-19(34-2)28-11-14)21(33)29-13-4-6-17(24)16(23)10-13/h4-11H,3,12H2,1-2H3,(H,29,33)(H,30,31). The van der Waals surface area contributed by atoms with Crippen LogP contribution >= 0.6 is 11.6 Å². The minimum atomic E-state index is -4.75. The number of halogens is 5. The number of ether oxygens (including phenoxy) is 2. The molecule has 35 heavy (non-hydrogen) atoms. The molecule has 0 saturated carbocycles. The van der Waals surface area contributed by atoms with Crippen molar-refractivity contribution in [2.24, 2.45) is 0 Å². The number of hydrogen-bond acceptors (Lipinski definition) is 5. The van der Waals surface area contributed by atoms with E-state index in [9.17, 15) is 22.4 Å². The molecular weight excluding hydrogens is 494 g/mol. The van der Waals surface area contributed by atoms with E-state index in [1.807, 2.05) is 0 Å². The maximum Gasteiger partial charge on any atom is 0.435 e. The molecule has 13 heteroatoms. The number of aromatic amines is 1. The van der Waals surface area contributed by atoms with Gasteiger partial charge < -0.3 is 14.8 Å². The second kappa shape index (κ2) is 11.1. The topological polar surface area (TPSA) is 92.4 Å². The zero-order chi connectivity index (χ0) is 25.6. The third-order valence-electron chi connectivity index (χ3n) is 4.62. The predicted octanol–water partition coefficient (Wildman–Crippen LogP) is 5.87. The Morgan fingerprint density at radius 1 is 1.29 bits per heavy atom. The lowest BCUT2D eigenvalue weighted by Crippen LogP contribution is -2.35. The number of nitrogens with one attached hydrogen (secondary N) is 2. The predicted molar refractivity (Wildman–Crippen MR) is 122 cm³/mol. The van der Waals surface area contributed by atoms with Gasteiger partial charge in [0.15, 0.2) is 5.69 Å². The number of nitrogens with zero attached hydrogens (tertiary/aromatic N) is 3. The van der Waals surface area contributed by atoms with E-state index in [4.69, 9.17) is 21.1 Å². The van der Waals surface area contributed by atoms with E-state index < -0.39 is 23.7 Å². The monoisotopic (exact) mass is 513 g/mol. The smallest absolute Gasteiger partial charge is 0.435 e. The number of rotatable bonds is 8. The average Bonchev–Trinajstić information content (AvgIpc) is 3.23. The van der Waals surface area contributed by atoms with E-state index in [1.54, 1.807) is 6.92 Å². The van der Waals surface area contributed by atoms with Gasteiger partial charge >= 0.3 is 12.2 Å². The van der Waals surface area contributed by atoms with Crippen molar-refractivity contribution in [2.45, 2.75) is 19.6 Å². The lowest BCUT2D eigenvalue weighted by Gasteiger charge is -2.23. The zero-order valence-corrected chi connectivity index (χ0v) is 19.2. The van der Waals surface area contributed by atoms with Crippen LogP contribution in [0.4, 0.5) is 33.7 Å². The number of anilines is 2. The summed E-state index contributed by atoms with van der Waals surface area (Å²) in [7, 11) is 1.41. The SMILES string of the molecule is CCOC=Cc1c(C(F)(F)F)n[nH]c1CN(C(=O)Nc1ccc(F)c(Cl)c1)c1ccc(OC)nc1. The van der Waals surface area contributed by atoms with Gasteiger partial charge in [0.05, 0.1) is 49.1 Å². The second-order valence-corrected chi connectivity index (χ2v) is 7.33. The molecule has 0 aliphatic heterocycles. The summed E-state index contributed by atoms with van der Waals surface area (Å²) < 4.78 is 64.1. The lowest BCUT2D eigenvalue weighted by molar-refractivity contribution is -0.141. The first-order valence-corrected chi connectivity index (χ1v) is 10.5. The Hall–Kier alpha value is -3.80. The Morgan fingerprint density at radius 2 is 2.06 bits per heavy atom. The number of benzene rings is 1. The first-order chi connectivity index (χ1) is 16.6. The molecule has 0 saturated heterocycles. The van der Waals surface area contributed by atoms with Crippen LogP contribution in [0.5, 0.6) is 5.88 Å². The summed E-state index contributed by atoms with van der Waals surface area (Å²) in [6, 6.07) is 5.79. The fraction of sp³-hybridized carbons (Fsp3) is 0.227. The van der Waals surface area contributed by atoms with Gasteiger partial charge in [0.2, 0.25) is 5.88 Å². The van der Waals surface area contributed by atoms with Crippen LogP contribution in [0.2, 0.25) is 5.02 Å². The molecule has 3 aromatic rings. The third-order valence-corrected chi connectivity index (χ3v) is 4.91. The Bertz CT molecular complexity index is 1200. The molecule has 2 amide bonds. The van der Waals surface area contributed by atoms with Crippen molar-refractivity contribution in [1.29, 1.82) is 0 Å². The molecule has 0 unspecified atom stereocenters. The summed E-state index contributed by atoms with van der Waals surface area (Å²) in [6.07, 6.45) is -1.20. The van der Waals surface area contributed by atoms with E-state index >= 15 is 0 Å².